The van der Waals surface area contributed by atoms with Crippen molar-refractivity contribution in [1.82, 2.24) is 0 Å². The van der Waals surface area contributed by atoms with Crippen LogP contribution in [0, 0.1) is 23.2 Å². The molecule has 1 amide bonds. The number of unbranched alkanes of at least 4 members (excludes halogenated alkanes) is 1. The van der Waals surface area contributed by atoms with Crippen LogP contribution in [0.3, 0.4) is 0 Å². The molecule has 0 aromatic heterocycles. The second kappa shape index (κ2) is 8.55. The Bertz CT molecular complexity index is 542. The minimum absolute atomic E-state index is 0.0974. The van der Waals surface area contributed by atoms with Gasteiger partial charge in [-0.2, -0.15) is 0 Å². The van der Waals surface area contributed by atoms with E-state index in [4.69, 9.17) is 5.73 Å². The van der Waals surface area contributed by atoms with Crippen LogP contribution in [0.15, 0.2) is 12.2 Å². The van der Waals surface area contributed by atoms with E-state index in [9.17, 15) is 14.7 Å². The molecule has 5 atom stereocenters. The Kier molecular flexibility index (Phi) is 6.89. The predicted octanol–water partition coefficient (Wildman–Crippen LogP) is 3.34. The number of nitrogens with two attached hydrogens (primary N) is 1. The van der Waals surface area contributed by atoms with E-state index in [1.807, 2.05) is 6.92 Å². The molecule has 2 rings (SSSR count). The quantitative estimate of drug-likeness (QED) is 0.353. The molecule has 2 fully saturated rings. The summed E-state index contributed by atoms with van der Waals surface area (Å²) >= 11 is 0. The second-order valence-corrected chi connectivity index (χ2v) is 8.56. The van der Waals surface area contributed by atoms with Crippen LogP contribution >= 0.6 is 0 Å². The van der Waals surface area contributed by atoms with Crippen LogP contribution in [0.25, 0.3) is 0 Å². The van der Waals surface area contributed by atoms with Gasteiger partial charge in [-0.15, -0.1) is 0 Å². The second-order valence-electron chi connectivity index (χ2n) is 8.56. The van der Waals surface area contributed by atoms with E-state index in [1.165, 1.54) is 7.11 Å². The zero-order valence-corrected chi connectivity index (χ0v) is 16.5. The van der Waals surface area contributed by atoms with Gasteiger partial charge in [0.2, 0.25) is 5.91 Å². The number of carbonyl (C=O) groups excluding carboxylic acids is 2. The highest BCUT2D eigenvalue weighted by Gasteiger charge is 2.60. The maximum atomic E-state index is 12.3. The van der Waals surface area contributed by atoms with Gasteiger partial charge in [-0.1, -0.05) is 25.5 Å². The van der Waals surface area contributed by atoms with Crippen molar-refractivity contribution in [2.45, 2.75) is 77.2 Å². The number of fused-ring (bicyclic) bond motifs is 2. The summed E-state index contributed by atoms with van der Waals surface area (Å²) in [5.74, 6) is 0.479. The third-order valence-electron chi connectivity index (χ3n) is 6.57. The lowest BCUT2D eigenvalue weighted by atomic mass is 9.66. The third-order valence-corrected chi connectivity index (χ3v) is 6.57. The highest BCUT2D eigenvalue weighted by Crippen LogP contribution is 2.62. The Hall–Kier alpha value is -1.36. The molecule has 0 saturated heterocycles. The van der Waals surface area contributed by atoms with E-state index in [0.29, 0.717) is 18.3 Å². The van der Waals surface area contributed by atoms with E-state index < -0.39 is 11.0 Å². The summed E-state index contributed by atoms with van der Waals surface area (Å²) in [7, 11) is 1.40. The molecule has 5 nitrogen and oxygen atoms in total. The predicted molar refractivity (Wildman–Crippen MR) is 101 cm³/mol. The summed E-state index contributed by atoms with van der Waals surface area (Å²) in [5.41, 5.74) is 4.69. The van der Waals surface area contributed by atoms with Gasteiger partial charge in [0.25, 0.3) is 0 Å². The van der Waals surface area contributed by atoms with E-state index in [-0.39, 0.29) is 17.8 Å². The first kappa shape index (κ1) is 20.9. The summed E-state index contributed by atoms with van der Waals surface area (Å²) in [5, 5.41) is 10.7. The van der Waals surface area contributed by atoms with Gasteiger partial charge in [0.1, 0.15) is 0 Å². The van der Waals surface area contributed by atoms with E-state index in [0.717, 1.165) is 51.4 Å². The number of primary amides is 1. The van der Waals surface area contributed by atoms with E-state index >= 15 is 0 Å². The molecule has 2 aliphatic carbocycles. The largest absolute Gasteiger partial charge is 0.469 e. The molecular formula is C21H35NO4. The minimum Gasteiger partial charge on any atom is -0.469 e. The summed E-state index contributed by atoms with van der Waals surface area (Å²) in [6.45, 7) is 4.00. The monoisotopic (exact) mass is 365 g/mol. The molecular weight excluding hydrogens is 330 g/mol. The standard InChI is InChI=1S/C21H35NO4/c1-4-11-20(2,25)14-16-15-10-12-21(13-15,19(22)24)17(16)8-6-5-7-9-18(23)26-3/h6,8,15-17,25H,4-5,7,9-14H2,1-3H3,(H2,22,24). The number of methoxy groups -OCH3 is 1. The number of rotatable bonds is 10. The van der Waals surface area contributed by atoms with Gasteiger partial charge in [0.05, 0.1) is 18.1 Å². The van der Waals surface area contributed by atoms with Crippen molar-refractivity contribution in [2.24, 2.45) is 28.9 Å². The minimum atomic E-state index is -0.695. The lowest BCUT2D eigenvalue weighted by molar-refractivity contribution is -0.140. The fraction of sp³-hybridized carbons (Fsp3) is 0.810. The van der Waals surface area contributed by atoms with Gasteiger partial charge in [-0.05, 0) is 69.6 Å². The van der Waals surface area contributed by atoms with Crippen LogP contribution in [0.1, 0.15) is 71.6 Å². The molecule has 26 heavy (non-hydrogen) atoms. The molecule has 2 saturated carbocycles. The fourth-order valence-electron chi connectivity index (χ4n) is 5.35. The highest BCUT2D eigenvalue weighted by molar-refractivity contribution is 5.82. The van der Waals surface area contributed by atoms with Gasteiger partial charge in [0, 0.05) is 6.42 Å². The van der Waals surface area contributed by atoms with E-state index in [2.05, 4.69) is 23.8 Å². The van der Waals surface area contributed by atoms with Crippen LogP contribution in [0.4, 0.5) is 0 Å². The number of hydrogen-bond acceptors (Lipinski definition) is 4. The van der Waals surface area contributed by atoms with Crippen molar-refractivity contribution in [3.05, 3.63) is 12.2 Å². The number of carbonyl (C=O) groups is 2. The number of esters is 1. The van der Waals surface area contributed by atoms with Gasteiger partial charge >= 0.3 is 5.97 Å². The topological polar surface area (TPSA) is 89.6 Å². The molecule has 5 unspecified atom stereocenters. The van der Waals surface area contributed by atoms with Crippen molar-refractivity contribution < 1.29 is 19.4 Å². The third kappa shape index (κ3) is 4.48. The van der Waals surface area contributed by atoms with Crippen LogP contribution in [0.2, 0.25) is 0 Å². The molecule has 0 heterocycles. The SMILES string of the molecule is CCCC(C)(O)CC1C2CCC(C(N)=O)(C2)C1C=CCCCC(=O)OC. The maximum Gasteiger partial charge on any atom is 0.305 e. The van der Waals surface area contributed by atoms with Crippen molar-refractivity contribution in [3.63, 3.8) is 0 Å². The molecule has 2 bridgehead atoms. The molecule has 148 valence electrons. The zero-order valence-electron chi connectivity index (χ0n) is 16.5. The molecule has 0 aromatic carbocycles. The average molecular weight is 366 g/mol. The number of aliphatic hydroxyl groups is 1. The number of hydrogen-bond donors (Lipinski definition) is 2. The van der Waals surface area contributed by atoms with Crippen LogP contribution in [-0.4, -0.2) is 29.7 Å². The molecule has 0 radical (unpaired) electrons. The summed E-state index contributed by atoms with van der Waals surface area (Å²) in [4.78, 5) is 23.5. The van der Waals surface area contributed by atoms with Crippen LogP contribution in [-0.2, 0) is 14.3 Å². The lowest BCUT2D eigenvalue weighted by Crippen LogP contribution is -2.42. The Morgan fingerprint density at radius 2 is 2.15 bits per heavy atom. The highest BCUT2D eigenvalue weighted by atomic mass is 16.5. The summed E-state index contributed by atoms with van der Waals surface area (Å²) < 4.78 is 4.66. The molecule has 5 heteroatoms. The molecule has 0 aromatic rings. The van der Waals surface area contributed by atoms with Gasteiger partial charge in [-0.25, -0.2) is 0 Å². The van der Waals surface area contributed by atoms with Gasteiger partial charge in [-0.3, -0.25) is 9.59 Å². The molecule has 3 N–H and O–H groups in total. The first-order chi connectivity index (χ1) is 12.3. The molecule has 2 aliphatic rings. The van der Waals surface area contributed by atoms with Crippen molar-refractivity contribution in [2.75, 3.05) is 7.11 Å². The number of amides is 1. The normalized spacial score (nSPS) is 32.7. The maximum absolute atomic E-state index is 12.3. The number of ether oxygens (including phenoxy) is 1. The zero-order chi connectivity index (χ0) is 19.4. The van der Waals surface area contributed by atoms with E-state index in [1.54, 1.807) is 0 Å². The van der Waals surface area contributed by atoms with Crippen molar-refractivity contribution in [3.8, 4) is 0 Å². The smallest absolute Gasteiger partial charge is 0.305 e. The van der Waals surface area contributed by atoms with Crippen molar-refractivity contribution >= 4 is 11.9 Å². The Balaban J connectivity index is 2.09. The molecule has 0 aliphatic heterocycles. The Labute approximate surface area is 157 Å². The van der Waals surface area contributed by atoms with Gasteiger partial charge in [0.15, 0.2) is 0 Å². The first-order valence-corrected chi connectivity index (χ1v) is 10.0. The lowest BCUT2D eigenvalue weighted by Gasteiger charge is -2.39. The van der Waals surface area contributed by atoms with Crippen molar-refractivity contribution in [1.29, 1.82) is 0 Å². The Morgan fingerprint density at radius 3 is 2.77 bits per heavy atom. The van der Waals surface area contributed by atoms with Gasteiger partial charge < -0.3 is 15.6 Å². The Morgan fingerprint density at radius 1 is 1.42 bits per heavy atom. The fourth-order valence-corrected chi connectivity index (χ4v) is 5.35. The summed E-state index contributed by atoms with van der Waals surface area (Å²) in [6.07, 6.45) is 11.3. The number of allylic oxidation sites excluding steroid dienone is 2. The molecule has 0 spiro atoms. The van der Waals surface area contributed by atoms with Crippen LogP contribution < -0.4 is 5.73 Å². The summed E-state index contributed by atoms with van der Waals surface area (Å²) in [6, 6.07) is 0. The average Bonchev–Trinajstić information content (AvgIpc) is 3.13. The first-order valence-electron chi connectivity index (χ1n) is 10.0. The van der Waals surface area contributed by atoms with Crippen LogP contribution in [0.5, 0.6) is 0 Å².